The largest absolute Gasteiger partial charge is 0.346 e. The molecule has 0 saturated heterocycles. The molecule has 1 amide bonds. The van der Waals surface area contributed by atoms with Gasteiger partial charge in [0.1, 0.15) is 11.5 Å². The van der Waals surface area contributed by atoms with E-state index in [2.05, 4.69) is 10.4 Å². The molecule has 6 heteroatoms. The van der Waals surface area contributed by atoms with Crippen molar-refractivity contribution in [3.8, 4) is 0 Å². The standard InChI is InChI=1S/C12H11ClFN3O/c1-17-11(9(13)7-16-17)12(18)15-6-8-4-2-3-5-10(8)14/h2-5,7H,6H2,1H3,(H,15,18). The average Bonchev–Trinajstić information content (AvgIpc) is 2.68. The summed E-state index contributed by atoms with van der Waals surface area (Å²) in [6.45, 7) is 0.104. The maximum absolute atomic E-state index is 13.3. The van der Waals surface area contributed by atoms with E-state index in [9.17, 15) is 9.18 Å². The van der Waals surface area contributed by atoms with E-state index in [-0.39, 0.29) is 29.0 Å². The molecule has 1 N–H and O–H groups in total. The van der Waals surface area contributed by atoms with Gasteiger partial charge >= 0.3 is 0 Å². The van der Waals surface area contributed by atoms with Crippen LogP contribution in [0, 0.1) is 5.82 Å². The van der Waals surface area contributed by atoms with Gasteiger partial charge in [0, 0.05) is 19.2 Å². The van der Waals surface area contributed by atoms with Crippen LogP contribution < -0.4 is 5.32 Å². The molecule has 1 aromatic carbocycles. The molecule has 4 nitrogen and oxygen atoms in total. The van der Waals surface area contributed by atoms with Gasteiger partial charge in [-0.2, -0.15) is 5.10 Å². The van der Waals surface area contributed by atoms with Gasteiger partial charge in [-0.3, -0.25) is 9.48 Å². The van der Waals surface area contributed by atoms with Gasteiger partial charge < -0.3 is 5.32 Å². The first-order chi connectivity index (χ1) is 8.59. The summed E-state index contributed by atoms with van der Waals surface area (Å²) < 4.78 is 14.7. The van der Waals surface area contributed by atoms with Gasteiger partial charge in [-0.1, -0.05) is 29.8 Å². The highest BCUT2D eigenvalue weighted by molar-refractivity contribution is 6.33. The lowest BCUT2D eigenvalue weighted by Gasteiger charge is -2.06. The van der Waals surface area contributed by atoms with Crippen LogP contribution in [0.1, 0.15) is 16.1 Å². The fourth-order valence-electron chi connectivity index (χ4n) is 1.57. The van der Waals surface area contributed by atoms with Crippen molar-refractivity contribution in [2.24, 2.45) is 7.05 Å². The molecule has 0 unspecified atom stereocenters. The van der Waals surface area contributed by atoms with E-state index in [1.54, 1.807) is 25.2 Å². The molecule has 1 aromatic heterocycles. The molecule has 0 aliphatic rings. The molecule has 2 aromatic rings. The Bertz CT molecular complexity index is 563. The van der Waals surface area contributed by atoms with Crippen LogP contribution in [0.3, 0.4) is 0 Å². The van der Waals surface area contributed by atoms with Crippen LogP contribution >= 0.6 is 11.6 Å². The summed E-state index contributed by atoms with van der Waals surface area (Å²) in [6.07, 6.45) is 1.39. The number of rotatable bonds is 3. The highest BCUT2D eigenvalue weighted by atomic mass is 35.5. The Labute approximate surface area is 108 Å². The number of aromatic nitrogens is 2. The number of benzene rings is 1. The van der Waals surface area contributed by atoms with E-state index in [4.69, 9.17) is 11.6 Å². The lowest BCUT2D eigenvalue weighted by molar-refractivity contribution is 0.0941. The van der Waals surface area contributed by atoms with Gasteiger partial charge in [0.2, 0.25) is 0 Å². The minimum atomic E-state index is -0.386. The molecule has 0 bridgehead atoms. The van der Waals surface area contributed by atoms with E-state index >= 15 is 0 Å². The van der Waals surface area contributed by atoms with Gasteiger partial charge in [-0.05, 0) is 6.07 Å². The number of nitrogens with one attached hydrogen (secondary N) is 1. The van der Waals surface area contributed by atoms with Crippen molar-refractivity contribution in [1.29, 1.82) is 0 Å². The molecular formula is C12H11ClFN3O. The van der Waals surface area contributed by atoms with Crippen molar-refractivity contribution < 1.29 is 9.18 Å². The molecule has 18 heavy (non-hydrogen) atoms. The van der Waals surface area contributed by atoms with E-state index in [1.165, 1.54) is 16.9 Å². The summed E-state index contributed by atoms with van der Waals surface area (Å²) in [6, 6.07) is 6.26. The summed E-state index contributed by atoms with van der Waals surface area (Å²) in [4.78, 5) is 11.9. The fraction of sp³-hybridized carbons (Fsp3) is 0.167. The first-order valence-electron chi connectivity index (χ1n) is 5.28. The van der Waals surface area contributed by atoms with Gasteiger partial charge in [-0.25, -0.2) is 4.39 Å². The molecule has 1 heterocycles. The Morgan fingerprint density at radius 3 is 2.83 bits per heavy atom. The number of nitrogens with zero attached hydrogens (tertiary/aromatic N) is 2. The molecule has 0 aliphatic heterocycles. The highest BCUT2D eigenvalue weighted by Gasteiger charge is 2.15. The minimum Gasteiger partial charge on any atom is -0.346 e. The zero-order valence-corrected chi connectivity index (χ0v) is 10.4. The van der Waals surface area contributed by atoms with Crippen molar-refractivity contribution in [3.63, 3.8) is 0 Å². The number of amides is 1. The molecule has 0 fully saturated rings. The minimum absolute atomic E-state index is 0.104. The lowest BCUT2D eigenvalue weighted by atomic mass is 10.2. The topological polar surface area (TPSA) is 46.9 Å². The summed E-state index contributed by atoms with van der Waals surface area (Å²) >= 11 is 5.83. The Kier molecular flexibility index (Phi) is 3.62. The molecule has 0 radical (unpaired) electrons. The maximum Gasteiger partial charge on any atom is 0.271 e. The van der Waals surface area contributed by atoms with Crippen molar-refractivity contribution in [2.45, 2.75) is 6.54 Å². The van der Waals surface area contributed by atoms with Crippen LogP contribution in [0.2, 0.25) is 5.02 Å². The van der Waals surface area contributed by atoms with Gasteiger partial charge in [0.15, 0.2) is 0 Å². The zero-order valence-electron chi connectivity index (χ0n) is 9.65. The summed E-state index contributed by atoms with van der Waals surface area (Å²) in [5, 5.41) is 6.73. The molecule has 0 saturated carbocycles. The molecule has 0 aliphatic carbocycles. The molecule has 0 atom stereocenters. The van der Waals surface area contributed by atoms with Crippen molar-refractivity contribution in [2.75, 3.05) is 0 Å². The third-order valence-corrected chi connectivity index (χ3v) is 2.78. The van der Waals surface area contributed by atoms with Gasteiger partial charge in [-0.15, -0.1) is 0 Å². The smallest absolute Gasteiger partial charge is 0.271 e. The Hall–Kier alpha value is -1.88. The van der Waals surface area contributed by atoms with Crippen molar-refractivity contribution in [1.82, 2.24) is 15.1 Å². The predicted octanol–water partition coefficient (Wildman–Crippen LogP) is 2.14. The van der Waals surface area contributed by atoms with Crippen LogP contribution in [0.15, 0.2) is 30.5 Å². The second kappa shape index (κ2) is 5.18. The Balaban J connectivity index is 2.08. The van der Waals surface area contributed by atoms with E-state index < -0.39 is 0 Å². The van der Waals surface area contributed by atoms with E-state index in [1.807, 2.05) is 0 Å². The van der Waals surface area contributed by atoms with E-state index in [0.29, 0.717) is 5.56 Å². The fourth-order valence-corrected chi connectivity index (χ4v) is 1.82. The zero-order chi connectivity index (χ0) is 13.1. The second-order valence-corrected chi connectivity index (χ2v) is 4.15. The van der Waals surface area contributed by atoms with Crippen LogP contribution in [0.4, 0.5) is 4.39 Å². The molecule has 94 valence electrons. The number of carbonyl (C=O) groups excluding carboxylic acids is 1. The summed E-state index contributed by atoms with van der Waals surface area (Å²) in [5.41, 5.74) is 0.678. The Morgan fingerprint density at radius 2 is 2.22 bits per heavy atom. The number of halogens is 2. The van der Waals surface area contributed by atoms with Crippen LogP contribution in [-0.2, 0) is 13.6 Å². The van der Waals surface area contributed by atoms with Crippen molar-refractivity contribution >= 4 is 17.5 Å². The number of hydrogen-bond donors (Lipinski definition) is 1. The van der Waals surface area contributed by atoms with E-state index in [0.717, 1.165) is 0 Å². The molecule has 2 rings (SSSR count). The Morgan fingerprint density at radius 1 is 1.50 bits per heavy atom. The van der Waals surface area contributed by atoms with Crippen LogP contribution in [0.25, 0.3) is 0 Å². The maximum atomic E-state index is 13.3. The number of carbonyl (C=O) groups is 1. The summed E-state index contributed by atoms with van der Waals surface area (Å²) in [7, 11) is 1.61. The normalized spacial score (nSPS) is 10.4. The third kappa shape index (κ3) is 2.51. The monoisotopic (exact) mass is 267 g/mol. The van der Waals surface area contributed by atoms with Crippen LogP contribution in [0.5, 0.6) is 0 Å². The van der Waals surface area contributed by atoms with Crippen molar-refractivity contribution in [3.05, 3.63) is 52.6 Å². The first kappa shape index (κ1) is 12.6. The third-order valence-electron chi connectivity index (χ3n) is 2.51. The highest BCUT2D eigenvalue weighted by Crippen LogP contribution is 2.14. The average molecular weight is 268 g/mol. The van der Waals surface area contributed by atoms with Gasteiger partial charge in [0.05, 0.1) is 11.2 Å². The SMILES string of the molecule is Cn1ncc(Cl)c1C(=O)NCc1ccccc1F. The van der Waals surface area contributed by atoms with Crippen LogP contribution in [-0.4, -0.2) is 15.7 Å². The lowest BCUT2D eigenvalue weighted by Crippen LogP contribution is -2.25. The second-order valence-electron chi connectivity index (χ2n) is 3.74. The summed E-state index contributed by atoms with van der Waals surface area (Å²) in [5.74, 6) is -0.739. The van der Waals surface area contributed by atoms with Gasteiger partial charge in [0.25, 0.3) is 5.91 Å². The quantitative estimate of drug-likeness (QED) is 0.926. The first-order valence-corrected chi connectivity index (χ1v) is 5.66. The number of hydrogen-bond acceptors (Lipinski definition) is 2. The number of aryl methyl sites for hydroxylation is 1. The molecular weight excluding hydrogens is 257 g/mol. The molecule has 0 spiro atoms. The predicted molar refractivity (Wildman–Crippen MR) is 65.8 cm³/mol.